The molecule has 6 nitrogen and oxygen atoms in total. The number of nitrogens with zero attached hydrogens (tertiary/aromatic N) is 1. The lowest BCUT2D eigenvalue weighted by molar-refractivity contribution is -0.385. The highest BCUT2D eigenvalue weighted by atomic mass is 16.6. The van der Waals surface area contributed by atoms with Gasteiger partial charge in [-0.25, -0.2) is 4.79 Å². The maximum Gasteiger partial charge on any atom is 0.335 e. The Morgan fingerprint density at radius 3 is 2.27 bits per heavy atom. The molecular weight excluding hydrogens is 200 g/mol. The fourth-order valence-corrected chi connectivity index (χ4v) is 1.24. The highest BCUT2D eigenvalue weighted by Gasteiger charge is 2.17. The highest BCUT2D eigenvalue weighted by Crippen LogP contribution is 2.23. The Hall–Kier alpha value is -1.95. The van der Waals surface area contributed by atoms with Gasteiger partial charge in [0.15, 0.2) is 0 Å². The topological polar surface area (TPSA) is 115 Å². The van der Waals surface area contributed by atoms with Gasteiger partial charge in [0.1, 0.15) is 0 Å². The quantitative estimate of drug-likeness (QED) is 0.575. The van der Waals surface area contributed by atoms with Gasteiger partial charge in [-0.15, -0.1) is 0 Å². The SMILES string of the molecule is Cc1c(C(=O)O)ccc([N+](=O)[O-])c1C.N. The van der Waals surface area contributed by atoms with Gasteiger partial charge in [-0.1, -0.05) is 0 Å². The zero-order chi connectivity index (χ0) is 10.9. The third kappa shape index (κ3) is 2.29. The number of carboxylic acids is 1. The Morgan fingerprint density at radius 1 is 1.33 bits per heavy atom. The summed E-state index contributed by atoms with van der Waals surface area (Å²) in [5.74, 6) is -1.07. The first-order valence-electron chi connectivity index (χ1n) is 3.93. The van der Waals surface area contributed by atoms with E-state index in [0.29, 0.717) is 11.1 Å². The largest absolute Gasteiger partial charge is 0.478 e. The number of carbonyl (C=O) groups is 1. The minimum Gasteiger partial charge on any atom is -0.478 e. The molecule has 0 aliphatic rings. The van der Waals surface area contributed by atoms with E-state index >= 15 is 0 Å². The van der Waals surface area contributed by atoms with Gasteiger partial charge < -0.3 is 11.3 Å². The maximum atomic E-state index is 10.7. The molecule has 1 aromatic rings. The molecule has 0 unspecified atom stereocenters. The summed E-state index contributed by atoms with van der Waals surface area (Å²) in [6.45, 7) is 3.10. The lowest BCUT2D eigenvalue weighted by Crippen LogP contribution is -2.03. The molecular formula is C9H12N2O4. The molecule has 4 N–H and O–H groups in total. The van der Waals surface area contributed by atoms with Crippen LogP contribution in [0.5, 0.6) is 0 Å². The third-order valence-electron chi connectivity index (χ3n) is 2.19. The summed E-state index contributed by atoms with van der Waals surface area (Å²) in [6.07, 6.45) is 0. The van der Waals surface area contributed by atoms with Crippen LogP contribution in [0.2, 0.25) is 0 Å². The predicted molar refractivity (Wildman–Crippen MR) is 54.6 cm³/mol. The van der Waals surface area contributed by atoms with Crippen molar-refractivity contribution in [2.45, 2.75) is 13.8 Å². The van der Waals surface area contributed by atoms with Crippen LogP contribution in [0.3, 0.4) is 0 Å². The first kappa shape index (κ1) is 13.1. The summed E-state index contributed by atoms with van der Waals surface area (Å²) < 4.78 is 0. The minimum absolute atomic E-state index is 0. The monoisotopic (exact) mass is 212 g/mol. The summed E-state index contributed by atoms with van der Waals surface area (Å²) in [6, 6.07) is 2.47. The number of rotatable bonds is 2. The second kappa shape index (κ2) is 4.52. The normalized spacial score (nSPS) is 9.20. The van der Waals surface area contributed by atoms with Gasteiger partial charge in [-0.05, 0) is 25.5 Å². The lowest BCUT2D eigenvalue weighted by atomic mass is 10.0. The molecule has 0 saturated heterocycles. The van der Waals surface area contributed by atoms with Gasteiger partial charge >= 0.3 is 5.97 Å². The number of nitro benzene ring substituents is 1. The van der Waals surface area contributed by atoms with E-state index < -0.39 is 10.9 Å². The number of hydrogen-bond acceptors (Lipinski definition) is 4. The van der Waals surface area contributed by atoms with Crippen LogP contribution in [-0.4, -0.2) is 16.0 Å². The molecule has 0 aliphatic carbocycles. The molecule has 0 heterocycles. The minimum atomic E-state index is -1.07. The van der Waals surface area contributed by atoms with Gasteiger partial charge in [0.05, 0.1) is 10.5 Å². The van der Waals surface area contributed by atoms with Gasteiger partial charge in [0.25, 0.3) is 5.69 Å². The van der Waals surface area contributed by atoms with Gasteiger partial charge in [0.2, 0.25) is 0 Å². The van der Waals surface area contributed by atoms with Crippen molar-refractivity contribution in [1.82, 2.24) is 6.15 Å². The van der Waals surface area contributed by atoms with E-state index in [1.54, 1.807) is 13.8 Å². The second-order valence-corrected chi connectivity index (χ2v) is 2.94. The van der Waals surface area contributed by atoms with Crippen molar-refractivity contribution in [2.75, 3.05) is 0 Å². The van der Waals surface area contributed by atoms with E-state index in [1.807, 2.05) is 0 Å². The van der Waals surface area contributed by atoms with Gasteiger partial charge in [-0.3, -0.25) is 10.1 Å². The van der Waals surface area contributed by atoms with Crippen molar-refractivity contribution in [3.05, 3.63) is 38.9 Å². The van der Waals surface area contributed by atoms with Crippen molar-refractivity contribution in [1.29, 1.82) is 0 Å². The molecule has 0 aliphatic heterocycles. The predicted octanol–water partition coefficient (Wildman–Crippen LogP) is 2.07. The van der Waals surface area contributed by atoms with E-state index in [0.717, 1.165) is 0 Å². The highest BCUT2D eigenvalue weighted by molar-refractivity contribution is 5.90. The second-order valence-electron chi connectivity index (χ2n) is 2.94. The molecule has 0 atom stereocenters. The van der Waals surface area contributed by atoms with Crippen LogP contribution in [0.25, 0.3) is 0 Å². The Balaban J connectivity index is 0.00000196. The fourth-order valence-electron chi connectivity index (χ4n) is 1.24. The molecule has 0 radical (unpaired) electrons. The van der Waals surface area contributed by atoms with Crippen LogP contribution in [-0.2, 0) is 0 Å². The molecule has 0 fully saturated rings. The molecule has 82 valence electrons. The van der Waals surface area contributed by atoms with Crippen molar-refractivity contribution in [2.24, 2.45) is 0 Å². The van der Waals surface area contributed by atoms with E-state index in [9.17, 15) is 14.9 Å². The van der Waals surface area contributed by atoms with Crippen LogP contribution < -0.4 is 6.15 Å². The smallest absolute Gasteiger partial charge is 0.335 e. The Labute approximate surface area is 86.3 Å². The third-order valence-corrected chi connectivity index (χ3v) is 2.19. The summed E-state index contributed by atoms with van der Waals surface area (Å²) >= 11 is 0. The average Bonchev–Trinajstić information content (AvgIpc) is 2.08. The van der Waals surface area contributed by atoms with E-state index in [4.69, 9.17) is 5.11 Å². The van der Waals surface area contributed by atoms with Crippen LogP contribution in [0.4, 0.5) is 5.69 Å². The van der Waals surface area contributed by atoms with Crippen molar-refractivity contribution in [3.8, 4) is 0 Å². The van der Waals surface area contributed by atoms with Crippen LogP contribution in [0.1, 0.15) is 21.5 Å². The summed E-state index contributed by atoms with van der Waals surface area (Å²) in [5.41, 5.74) is 0.891. The van der Waals surface area contributed by atoms with Gasteiger partial charge in [-0.2, -0.15) is 0 Å². The Morgan fingerprint density at radius 2 is 1.87 bits per heavy atom. The molecule has 0 saturated carbocycles. The Bertz CT molecular complexity index is 376. The molecule has 0 amide bonds. The number of benzene rings is 1. The van der Waals surface area contributed by atoms with Crippen molar-refractivity contribution in [3.63, 3.8) is 0 Å². The maximum absolute atomic E-state index is 10.7. The standard InChI is InChI=1S/C9H9NO4.H3N/c1-5-6(2)8(10(13)14)4-3-7(5)9(11)12;/h3-4H,1-2H3,(H,11,12);1H3. The van der Waals surface area contributed by atoms with E-state index in [2.05, 4.69) is 0 Å². The van der Waals surface area contributed by atoms with E-state index in [-0.39, 0.29) is 17.4 Å². The lowest BCUT2D eigenvalue weighted by Gasteiger charge is -2.04. The zero-order valence-corrected chi connectivity index (χ0v) is 8.48. The summed E-state index contributed by atoms with van der Waals surface area (Å²) in [7, 11) is 0. The molecule has 1 rings (SSSR count). The number of carboxylic acid groups (broad SMARTS) is 1. The molecule has 0 bridgehead atoms. The number of hydrogen-bond donors (Lipinski definition) is 2. The van der Waals surface area contributed by atoms with Crippen LogP contribution in [0, 0.1) is 24.0 Å². The zero-order valence-electron chi connectivity index (χ0n) is 8.48. The molecule has 15 heavy (non-hydrogen) atoms. The van der Waals surface area contributed by atoms with Crippen molar-refractivity contribution < 1.29 is 14.8 Å². The first-order valence-corrected chi connectivity index (χ1v) is 3.93. The van der Waals surface area contributed by atoms with Crippen LogP contribution >= 0.6 is 0 Å². The Kier molecular flexibility index (Phi) is 3.93. The van der Waals surface area contributed by atoms with Crippen LogP contribution in [0.15, 0.2) is 12.1 Å². The molecule has 6 heteroatoms. The summed E-state index contributed by atoms with van der Waals surface area (Å²) in [4.78, 5) is 20.7. The van der Waals surface area contributed by atoms with E-state index in [1.165, 1.54) is 12.1 Å². The molecule has 0 aromatic heterocycles. The van der Waals surface area contributed by atoms with Gasteiger partial charge in [0, 0.05) is 11.6 Å². The fraction of sp³-hybridized carbons (Fsp3) is 0.222. The number of aromatic carboxylic acids is 1. The van der Waals surface area contributed by atoms with Crippen molar-refractivity contribution >= 4 is 11.7 Å². The average molecular weight is 212 g/mol. The first-order chi connectivity index (χ1) is 6.45. The number of nitro groups is 1. The molecule has 0 spiro atoms. The molecule has 1 aromatic carbocycles. The summed E-state index contributed by atoms with van der Waals surface area (Å²) in [5, 5.41) is 19.3.